The van der Waals surface area contributed by atoms with Crippen LogP contribution >= 0.6 is 0 Å². The van der Waals surface area contributed by atoms with Crippen molar-refractivity contribution in [2.75, 3.05) is 0 Å². The zero-order valence-corrected chi connectivity index (χ0v) is 20.2. The van der Waals surface area contributed by atoms with E-state index >= 15 is 0 Å². The molecule has 0 aliphatic carbocycles. The average Bonchev–Trinajstić information content (AvgIpc) is 2.80. The highest BCUT2D eigenvalue weighted by Crippen LogP contribution is 2.21. The van der Waals surface area contributed by atoms with E-state index < -0.39 is 0 Å². The molecule has 0 spiro atoms. The first-order chi connectivity index (χ1) is 15.2. The van der Waals surface area contributed by atoms with Crippen LogP contribution in [0.15, 0.2) is 36.7 Å². The fourth-order valence-electron chi connectivity index (χ4n) is 3.91. The molecule has 0 bridgehead atoms. The highest BCUT2D eigenvalue weighted by Gasteiger charge is 2.06. The number of benzene rings is 1. The van der Waals surface area contributed by atoms with Crippen LogP contribution < -0.4 is 4.74 Å². The third-order valence-electron chi connectivity index (χ3n) is 5.94. The van der Waals surface area contributed by atoms with Crippen LogP contribution in [0.5, 0.6) is 5.75 Å². The number of rotatable bonds is 17. The van der Waals surface area contributed by atoms with Gasteiger partial charge in [-0.15, -0.1) is 0 Å². The molecule has 0 radical (unpaired) electrons. The molecule has 1 aromatic carbocycles. The Hall–Kier alpha value is -1.90. The van der Waals surface area contributed by atoms with E-state index in [-0.39, 0.29) is 6.10 Å². The SMILES string of the molecule is CCCCCCCCCCCCc1cnc(-c2ccc(O[C@@H](C)CCCC)cc2)nc1. The normalized spacial score (nSPS) is 12.1. The van der Waals surface area contributed by atoms with E-state index in [0.29, 0.717) is 0 Å². The summed E-state index contributed by atoms with van der Waals surface area (Å²) in [7, 11) is 0. The van der Waals surface area contributed by atoms with Gasteiger partial charge in [0.25, 0.3) is 0 Å². The molecule has 0 N–H and O–H groups in total. The first kappa shape index (κ1) is 25.4. The van der Waals surface area contributed by atoms with E-state index in [4.69, 9.17) is 4.74 Å². The van der Waals surface area contributed by atoms with Gasteiger partial charge in [-0.1, -0.05) is 84.5 Å². The van der Waals surface area contributed by atoms with Gasteiger partial charge < -0.3 is 4.74 Å². The topological polar surface area (TPSA) is 35.0 Å². The third-order valence-corrected chi connectivity index (χ3v) is 5.94. The molecule has 0 saturated carbocycles. The van der Waals surface area contributed by atoms with Crippen molar-refractivity contribution in [1.29, 1.82) is 0 Å². The Morgan fingerprint density at radius 2 is 1.26 bits per heavy atom. The molecule has 0 unspecified atom stereocenters. The number of aryl methyl sites for hydroxylation is 1. The molecule has 0 amide bonds. The number of aromatic nitrogens is 2. The molecular weight excluding hydrogens is 380 g/mol. The number of nitrogens with zero attached hydrogens (tertiary/aromatic N) is 2. The molecule has 2 aromatic rings. The number of ether oxygens (including phenoxy) is 1. The molecular formula is C28H44N2O. The lowest BCUT2D eigenvalue weighted by Crippen LogP contribution is -2.11. The summed E-state index contributed by atoms with van der Waals surface area (Å²) in [6, 6.07) is 8.16. The van der Waals surface area contributed by atoms with Crippen LogP contribution in [0.2, 0.25) is 0 Å². The first-order valence-corrected chi connectivity index (χ1v) is 12.8. The summed E-state index contributed by atoms with van der Waals surface area (Å²) < 4.78 is 5.99. The van der Waals surface area contributed by atoms with Crippen LogP contribution in [0.4, 0.5) is 0 Å². The highest BCUT2D eigenvalue weighted by molar-refractivity contribution is 5.55. The largest absolute Gasteiger partial charge is 0.491 e. The lowest BCUT2D eigenvalue weighted by molar-refractivity contribution is 0.207. The molecule has 0 fully saturated rings. The van der Waals surface area contributed by atoms with E-state index in [1.54, 1.807) is 0 Å². The maximum atomic E-state index is 5.99. The summed E-state index contributed by atoms with van der Waals surface area (Å²) in [5, 5.41) is 0. The molecule has 0 aliphatic heterocycles. The van der Waals surface area contributed by atoms with Gasteiger partial charge in [0.1, 0.15) is 5.75 Å². The van der Waals surface area contributed by atoms with Crippen LogP contribution in [-0.4, -0.2) is 16.1 Å². The minimum atomic E-state index is 0.257. The van der Waals surface area contributed by atoms with Crippen LogP contribution in [0.1, 0.15) is 110 Å². The monoisotopic (exact) mass is 424 g/mol. The summed E-state index contributed by atoms with van der Waals surface area (Å²) >= 11 is 0. The van der Waals surface area contributed by atoms with Crippen molar-refractivity contribution in [2.45, 2.75) is 117 Å². The zero-order valence-electron chi connectivity index (χ0n) is 20.2. The van der Waals surface area contributed by atoms with Crippen molar-refractivity contribution in [3.63, 3.8) is 0 Å². The first-order valence-electron chi connectivity index (χ1n) is 12.8. The van der Waals surface area contributed by atoms with Gasteiger partial charge in [-0.3, -0.25) is 0 Å². The second-order valence-corrected chi connectivity index (χ2v) is 8.94. The summed E-state index contributed by atoms with van der Waals surface area (Å²) in [5.41, 5.74) is 2.28. The minimum Gasteiger partial charge on any atom is -0.491 e. The Morgan fingerprint density at radius 1 is 0.710 bits per heavy atom. The lowest BCUT2D eigenvalue weighted by Gasteiger charge is -2.14. The minimum absolute atomic E-state index is 0.257. The van der Waals surface area contributed by atoms with Crippen molar-refractivity contribution in [1.82, 2.24) is 9.97 Å². The van der Waals surface area contributed by atoms with Gasteiger partial charge in [0.05, 0.1) is 6.10 Å². The highest BCUT2D eigenvalue weighted by atomic mass is 16.5. The van der Waals surface area contributed by atoms with Crippen LogP contribution in [-0.2, 0) is 6.42 Å². The molecule has 3 heteroatoms. The van der Waals surface area contributed by atoms with Crippen molar-refractivity contribution < 1.29 is 4.74 Å². The lowest BCUT2D eigenvalue weighted by atomic mass is 10.0. The van der Waals surface area contributed by atoms with Gasteiger partial charge in [0.15, 0.2) is 5.82 Å². The molecule has 1 atom stereocenters. The Kier molecular flexibility index (Phi) is 13.0. The second kappa shape index (κ2) is 15.8. The number of unbranched alkanes of at least 4 members (excludes halogenated alkanes) is 10. The van der Waals surface area contributed by atoms with E-state index in [9.17, 15) is 0 Å². The molecule has 3 nitrogen and oxygen atoms in total. The average molecular weight is 425 g/mol. The maximum Gasteiger partial charge on any atom is 0.159 e. The standard InChI is InChI=1S/C28H44N2O/c1-4-6-8-9-10-11-12-13-14-15-17-25-22-29-28(30-23-25)26-18-20-27(21-19-26)31-24(3)16-7-5-2/h18-24H,4-17H2,1-3H3/t24-/m0/s1. The van der Waals surface area contributed by atoms with Crippen molar-refractivity contribution >= 4 is 0 Å². The van der Waals surface area contributed by atoms with Gasteiger partial charge in [-0.25, -0.2) is 9.97 Å². The number of hydrogen-bond acceptors (Lipinski definition) is 3. The Labute approximate surface area is 191 Å². The van der Waals surface area contributed by atoms with E-state index in [0.717, 1.165) is 30.0 Å². The predicted molar refractivity (Wildman–Crippen MR) is 133 cm³/mol. The van der Waals surface area contributed by atoms with Crippen LogP contribution in [0.3, 0.4) is 0 Å². The Balaban J connectivity index is 1.65. The molecule has 1 heterocycles. The summed E-state index contributed by atoms with van der Waals surface area (Å²) in [5.74, 6) is 1.71. The summed E-state index contributed by atoms with van der Waals surface area (Å²) in [4.78, 5) is 9.18. The van der Waals surface area contributed by atoms with Crippen LogP contribution in [0, 0.1) is 0 Å². The quantitative estimate of drug-likeness (QED) is 0.238. The fourth-order valence-corrected chi connectivity index (χ4v) is 3.91. The molecule has 0 aliphatic rings. The van der Waals surface area contributed by atoms with Crippen LogP contribution in [0.25, 0.3) is 11.4 Å². The Morgan fingerprint density at radius 3 is 1.84 bits per heavy atom. The van der Waals surface area contributed by atoms with Gasteiger partial charge in [-0.05, 0) is 56.0 Å². The van der Waals surface area contributed by atoms with Gasteiger partial charge in [0.2, 0.25) is 0 Å². The number of hydrogen-bond donors (Lipinski definition) is 0. The van der Waals surface area contributed by atoms with Gasteiger partial charge >= 0.3 is 0 Å². The van der Waals surface area contributed by atoms with Crippen molar-refractivity contribution in [3.05, 3.63) is 42.2 Å². The van der Waals surface area contributed by atoms with E-state index in [2.05, 4.69) is 42.9 Å². The second-order valence-electron chi connectivity index (χ2n) is 8.94. The predicted octanol–water partition coefficient (Wildman–Crippen LogP) is 8.56. The third kappa shape index (κ3) is 10.8. The van der Waals surface area contributed by atoms with Crippen molar-refractivity contribution in [3.8, 4) is 17.1 Å². The molecule has 1 aromatic heterocycles. The molecule has 2 rings (SSSR count). The van der Waals surface area contributed by atoms with E-state index in [1.807, 2.05) is 24.5 Å². The summed E-state index contributed by atoms with van der Waals surface area (Å²) in [6.07, 6.45) is 22.5. The van der Waals surface area contributed by atoms with Gasteiger partial charge in [-0.2, -0.15) is 0 Å². The Bertz CT molecular complexity index is 681. The molecule has 0 saturated heterocycles. The zero-order chi connectivity index (χ0) is 22.2. The maximum absolute atomic E-state index is 5.99. The van der Waals surface area contributed by atoms with Gasteiger partial charge in [0, 0.05) is 18.0 Å². The fraction of sp³-hybridized carbons (Fsp3) is 0.643. The van der Waals surface area contributed by atoms with Crippen molar-refractivity contribution in [2.24, 2.45) is 0 Å². The molecule has 172 valence electrons. The molecule has 31 heavy (non-hydrogen) atoms. The van der Waals surface area contributed by atoms with E-state index in [1.165, 1.54) is 82.6 Å². The smallest absolute Gasteiger partial charge is 0.159 e. The summed E-state index contributed by atoms with van der Waals surface area (Å²) in [6.45, 7) is 6.63.